The number of rotatable bonds is 2. The SMILES string of the molecule is O=C(O)C1C=CC(S(=O)O)=CC1. The zero-order chi connectivity index (χ0) is 9.14. The molecule has 1 aliphatic rings. The highest BCUT2D eigenvalue weighted by Crippen LogP contribution is 2.17. The molecule has 0 aliphatic heterocycles. The summed E-state index contributed by atoms with van der Waals surface area (Å²) >= 11 is -2.00. The monoisotopic (exact) mass is 188 g/mol. The van der Waals surface area contributed by atoms with Gasteiger partial charge in [0.05, 0.1) is 10.8 Å². The number of hydrogen-bond acceptors (Lipinski definition) is 2. The van der Waals surface area contributed by atoms with Crippen molar-refractivity contribution in [1.29, 1.82) is 0 Å². The molecule has 0 fully saturated rings. The predicted molar refractivity (Wildman–Crippen MR) is 43.7 cm³/mol. The Morgan fingerprint density at radius 1 is 1.67 bits per heavy atom. The Labute approximate surface area is 71.9 Å². The van der Waals surface area contributed by atoms with E-state index in [4.69, 9.17) is 9.66 Å². The quantitative estimate of drug-likeness (QED) is 0.627. The minimum absolute atomic E-state index is 0.271. The lowest BCUT2D eigenvalue weighted by Gasteiger charge is -2.09. The first-order valence-electron chi connectivity index (χ1n) is 3.33. The Morgan fingerprint density at radius 2 is 2.33 bits per heavy atom. The Hall–Kier alpha value is -0.940. The van der Waals surface area contributed by atoms with E-state index in [0.717, 1.165) is 0 Å². The van der Waals surface area contributed by atoms with E-state index in [1.807, 2.05) is 0 Å². The highest BCUT2D eigenvalue weighted by Gasteiger charge is 2.16. The molecule has 0 saturated heterocycles. The van der Waals surface area contributed by atoms with Crippen molar-refractivity contribution in [1.82, 2.24) is 0 Å². The summed E-state index contributed by atoms with van der Waals surface area (Å²) in [5.74, 6) is -1.47. The molecular formula is C7H8O4S. The van der Waals surface area contributed by atoms with E-state index in [9.17, 15) is 9.00 Å². The molecular weight excluding hydrogens is 180 g/mol. The zero-order valence-electron chi connectivity index (χ0n) is 6.14. The summed E-state index contributed by atoms with van der Waals surface area (Å²) < 4.78 is 19.1. The molecule has 0 aromatic heterocycles. The molecule has 2 N–H and O–H groups in total. The van der Waals surface area contributed by atoms with Gasteiger partial charge in [-0.3, -0.25) is 4.79 Å². The van der Waals surface area contributed by atoms with Crippen molar-refractivity contribution >= 4 is 17.0 Å². The van der Waals surface area contributed by atoms with Crippen LogP contribution in [0.2, 0.25) is 0 Å². The molecule has 4 nitrogen and oxygen atoms in total. The highest BCUT2D eigenvalue weighted by molar-refractivity contribution is 7.83. The Balaban J connectivity index is 2.68. The fraction of sp³-hybridized carbons (Fsp3) is 0.286. The Morgan fingerprint density at radius 3 is 2.67 bits per heavy atom. The second kappa shape index (κ2) is 3.64. The first-order chi connectivity index (χ1) is 5.61. The van der Waals surface area contributed by atoms with Crippen LogP contribution in [0.1, 0.15) is 6.42 Å². The number of carboxylic acids is 1. The topological polar surface area (TPSA) is 74.6 Å². The molecule has 0 radical (unpaired) electrons. The van der Waals surface area contributed by atoms with E-state index in [1.165, 1.54) is 18.2 Å². The van der Waals surface area contributed by atoms with Gasteiger partial charge in [0, 0.05) is 0 Å². The summed E-state index contributed by atoms with van der Waals surface area (Å²) in [6, 6.07) is 0. The second-order valence-electron chi connectivity index (χ2n) is 2.40. The van der Waals surface area contributed by atoms with E-state index in [0.29, 0.717) is 0 Å². The summed E-state index contributed by atoms with van der Waals surface area (Å²) in [6.45, 7) is 0. The van der Waals surface area contributed by atoms with E-state index in [2.05, 4.69) is 0 Å². The van der Waals surface area contributed by atoms with Crippen LogP contribution in [0, 0.1) is 5.92 Å². The fourth-order valence-corrected chi connectivity index (χ4v) is 1.35. The van der Waals surface area contributed by atoms with Gasteiger partial charge in [-0.15, -0.1) is 0 Å². The molecule has 0 saturated carbocycles. The van der Waals surface area contributed by atoms with Crippen molar-refractivity contribution in [3.05, 3.63) is 23.1 Å². The van der Waals surface area contributed by atoms with Crippen LogP contribution in [0.15, 0.2) is 23.1 Å². The third kappa shape index (κ3) is 2.02. The lowest BCUT2D eigenvalue weighted by atomic mass is 10.0. The van der Waals surface area contributed by atoms with Crippen LogP contribution in [0.3, 0.4) is 0 Å². The maximum Gasteiger partial charge on any atom is 0.310 e. The molecule has 1 rings (SSSR count). The van der Waals surface area contributed by atoms with Gasteiger partial charge < -0.3 is 9.66 Å². The lowest BCUT2D eigenvalue weighted by molar-refractivity contribution is -0.139. The number of aliphatic carboxylic acids is 1. The third-order valence-corrected chi connectivity index (χ3v) is 2.29. The van der Waals surface area contributed by atoms with Crippen molar-refractivity contribution in [3.8, 4) is 0 Å². The molecule has 12 heavy (non-hydrogen) atoms. The first kappa shape index (κ1) is 9.15. The van der Waals surface area contributed by atoms with Gasteiger partial charge in [-0.05, 0) is 12.5 Å². The summed E-state index contributed by atoms with van der Waals surface area (Å²) in [7, 11) is 0. The molecule has 0 aromatic rings. The normalized spacial score (nSPS) is 24.8. The number of carbonyl (C=O) groups is 1. The molecule has 0 spiro atoms. The molecule has 0 aromatic carbocycles. The van der Waals surface area contributed by atoms with E-state index < -0.39 is 23.0 Å². The van der Waals surface area contributed by atoms with Gasteiger partial charge in [-0.2, -0.15) is 0 Å². The van der Waals surface area contributed by atoms with E-state index >= 15 is 0 Å². The predicted octanol–water partition coefficient (Wildman–Crippen LogP) is 0.753. The van der Waals surface area contributed by atoms with Crippen molar-refractivity contribution < 1.29 is 18.7 Å². The Bertz CT molecular complexity index is 279. The van der Waals surface area contributed by atoms with Gasteiger partial charge in [0.15, 0.2) is 11.1 Å². The van der Waals surface area contributed by atoms with Gasteiger partial charge >= 0.3 is 5.97 Å². The van der Waals surface area contributed by atoms with Crippen molar-refractivity contribution in [2.24, 2.45) is 5.92 Å². The molecule has 0 amide bonds. The standard InChI is InChI=1S/C7H8O4S/c8-7(9)5-1-3-6(4-2-5)12(10)11/h1,3-5H,2H2,(H,8,9)(H,10,11). The van der Waals surface area contributed by atoms with Crippen LogP contribution in [-0.4, -0.2) is 19.8 Å². The second-order valence-corrected chi connectivity index (χ2v) is 3.36. The summed E-state index contributed by atoms with van der Waals surface area (Å²) in [5.41, 5.74) is 0. The fourth-order valence-electron chi connectivity index (χ4n) is 0.913. The van der Waals surface area contributed by atoms with Crippen LogP contribution >= 0.6 is 0 Å². The minimum Gasteiger partial charge on any atom is -0.481 e. The molecule has 1 aliphatic carbocycles. The van der Waals surface area contributed by atoms with Gasteiger partial charge in [-0.1, -0.05) is 12.2 Å². The summed E-state index contributed by atoms with van der Waals surface area (Å²) in [5, 5.41) is 8.54. The number of hydrogen-bond donors (Lipinski definition) is 2. The number of allylic oxidation sites excluding steroid dienone is 2. The average Bonchev–Trinajstić information content (AvgIpc) is 2.04. The van der Waals surface area contributed by atoms with Crippen LogP contribution in [0.25, 0.3) is 0 Å². The van der Waals surface area contributed by atoms with Gasteiger partial charge in [0.1, 0.15) is 0 Å². The molecule has 2 atom stereocenters. The smallest absolute Gasteiger partial charge is 0.310 e. The van der Waals surface area contributed by atoms with Gasteiger partial charge in [0.25, 0.3) is 0 Å². The summed E-state index contributed by atoms with van der Waals surface area (Å²) in [4.78, 5) is 10.7. The van der Waals surface area contributed by atoms with E-state index in [1.54, 1.807) is 0 Å². The van der Waals surface area contributed by atoms with Crippen LogP contribution < -0.4 is 0 Å². The van der Waals surface area contributed by atoms with Crippen molar-refractivity contribution in [2.45, 2.75) is 6.42 Å². The Kier molecular flexibility index (Phi) is 2.78. The van der Waals surface area contributed by atoms with Crippen LogP contribution in [0.4, 0.5) is 0 Å². The average molecular weight is 188 g/mol. The molecule has 0 bridgehead atoms. The number of carboxylic acid groups (broad SMARTS) is 1. The van der Waals surface area contributed by atoms with Crippen LogP contribution in [0.5, 0.6) is 0 Å². The van der Waals surface area contributed by atoms with E-state index in [-0.39, 0.29) is 11.3 Å². The van der Waals surface area contributed by atoms with Gasteiger partial charge in [0.2, 0.25) is 0 Å². The lowest BCUT2D eigenvalue weighted by Crippen LogP contribution is -2.12. The highest BCUT2D eigenvalue weighted by atomic mass is 32.2. The van der Waals surface area contributed by atoms with Gasteiger partial charge in [-0.25, -0.2) is 4.21 Å². The maximum atomic E-state index is 10.5. The van der Waals surface area contributed by atoms with Crippen LogP contribution in [-0.2, 0) is 15.9 Å². The molecule has 66 valence electrons. The minimum atomic E-state index is -2.00. The molecule has 2 unspecified atom stereocenters. The summed E-state index contributed by atoms with van der Waals surface area (Å²) in [6.07, 6.45) is 4.55. The maximum absolute atomic E-state index is 10.5. The molecule has 5 heteroatoms. The first-order valence-corrected chi connectivity index (χ1v) is 4.44. The van der Waals surface area contributed by atoms with Crippen molar-refractivity contribution in [2.75, 3.05) is 0 Å². The zero-order valence-corrected chi connectivity index (χ0v) is 6.95. The molecule has 0 heterocycles. The largest absolute Gasteiger partial charge is 0.481 e. The van der Waals surface area contributed by atoms with Crippen molar-refractivity contribution in [3.63, 3.8) is 0 Å². The third-order valence-electron chi connectivity index (χ3n) is 1.58.